The molecule has 14 heavy (non-hydrogen) atoms. The topological polar surface area (TPSA) is 47.9 Å². The van der Waals surface area contributed by atoms with Gasteiger partial charge in [-0.15, -0.1) is 0 Å². The standard InChI is InChI=1S/C10H14O4/c1-9-3-2-4-10(7-9)8-14-13-6-5-12-11/h2-4,7,11H,5-6,8H2,1H3. The van der Waals surface area contributed by atoms with Crippen LogP contribution in [0.1, 0.15) is 11.1 Å². The Morgan fingerprint density at radius 1 is 1.21 bits per heavy atom. The summed E-state index contributed by atoms with van der Waals surface area (Å²) in [6, 6.07) is 7.96. The molecule has 0 aliphatic rings. The molecule has 0 unspecified atom stereocenters. The van der Waals surface area contributed by atoms with E-state index >= 15 is 0 Å². The third-order valence-corrected chi connectivity index (χ3v) is 1.65. The lowest BCUT2D eigenvalue weighted by atomic mass is 10.1. The van der Waals surface area contributed by atoms with Crippen molar-refractivity contribution in [3.05, 3.63) is 35.4 Å². The Morgan fingerprint density at radius 2 is 2.07 bits per heavy atom. The maximum absolute atomic E-state index is 7.98. The lowest BCUT2D eigenvalue weighted by Crippen LogP contribution is -2.03. The molecule has 0 fully saturated rings. The van der Waals surface area contributed by atoms with Crippen molar-refractivity contribution in [3.63, 3.8) is 0 Å². The van der Waals surface area contributed by atoms with E-state index in [9.17, 15) is 0 Å². The maximum atomic E-state index is 7.98. The summed E-state index contributed by atoms with van der Waals surface area (Å²) in [7, 11) is 0. The van der Waals surface area contributed by atoms with Crippen molar-refractivity contribution in [1.82, 2.24) is 0 Å². The second-order valence-corrected chi connectivity index (χ2v) is 2.91. The second-order valence-electron chi connectivity index (χ2n) is 2.91. The number of aryl methyl sites for hydroxylation is 1. The smallest absolute Gasteiger partial charge is 0.109 e. The molecule has 1 aromatic carbocycles. The molecule has 0 spiro atoms. The quantitative estimate of drug-likeness (QED) is 0.431. The summed E-state index contributed by atoms with van der Waals surface area (Å²) in [6.45, 7) is 2.73. The minimum Gasteiger partial charge on any atom is -0.252 e. The summed E-state index contributed by atoms with van der Waals surface area (Å²) >= 11 is 0. The normalized spacial score (nSPS) is 10.4. The highest BCUT2D eigenvalue weighted by Gasteiger charge is 1.94. The number of hydrogen-bond acceptors (Lipinski definition) is 4. The van der Waals surface area contributed by atoms with E-state index in [2.05, 4.69) is 4.89 Å². The van der Waals surface area contributed by atoms with Crippen molar-refractivity contribution in [2.45, 2.75) is 13.5 Å². The molecule has 1 rings (SSSR count). The van der Waals surface area contributed by atoms with Crippen LogP contribution in [0.2, 0.25) is 0 Å². The molecular formula is C10H14O4. The van der Waals surface area contributed by atoms with Crippen LogP contribution in [0.25, 0.3) is 0 Å². The van der Waals surface area contributed by atoms with E-state index in [4.69, 9.17) is 15.0 Å². The molecule has 0 heterocycles. The van der Waals surface area contributed by atoms with Gasteiger partial charge in [0, 0.05) is 0 Å². The zero-order valence-corrected chi connectivity index (χ0v) is 8.10. The largest absolute Gasteiger partial charge is 0.252 e. The van der Waals surface area contributed by atoms with E-state index in [-0.39, 0.29) is 13.2 Å². The highest BCUT2D eigenvalue weighted by Crippen LogP contribution is 2.05. The van der Waals surface area contributed by atoms with Gasteiger partial charge in [0.1, 0.15) is 19.8 Å². The van der Waals surface area contributed by atoms with Crippen LogP contribution in [0, 0.1) is 6.92 Å². The molecule has 0 aliphatic heterocycles. The molecule has 0 atom stereocenters. The van der Waals surface area contributed by atoms with E-state index in [0.29, 0.717) is 6.61 Å². The Balaban J connectivity index is 2.18. The molecule has 0 amide bonds. The number of hydrogen-bond donors (Lipinski definition) is 1. The molecule has 4 heteroatoms. The molecule has 0 saturated heterocycles. The van der Waals surface area contributed by atoms with Crippen LogP contribution in [-0.2, 0) is 21.3 Å². The van der Waals surface area contributed by atoms with E-state index < -0.39 is 0 Å². The zero-order chi connectivity index (χ0) is 10.2. The van der Waals surface area contributed by atoms with Crippen molar-refractivity contribution >= 4 is 0 Å². The van der Waals surface area contributed by atoms with Gasteiger partial charge in [-0.1, -0.05) is 29.8 Å². The van der Waals surface area contributed by atoms with Gasteiger partial charge >= 0.3 is 0 Å². The number of benzene rings is 1. The lowest BCUT2D eigenvalue weighted by Gasteiger charge is -2.03. The predicted octanol–water partition coefficient (Wildman–Crippen LogP) is 1.93. The van der Waals surface area contributed by atoms with Gasteiger partial charge in [-0.2, -0.15) is 0 Å². The average Bonchev–Trinajstić information content (AvgIpc) is 2.18. The van der Waals surface area contributed by atoms with Crippen LogP contribution >= 0.6 is 0 Å². The molecule has 0 aromatic heterocycles. The van der Waals surface area contributed by atoms with Crippen molar-refractivity contribution in [2.24, 2.45) is 0 Å². The Hall–Kier alpha value is -0.940. The van der Waals surface area contributed by atoms with Crippen LogP contribution in [0.15, 0.2) is 24.3 Å². The van der Waals surface area contributed by atoms with Crippen LogP contribution in [0.4, 0.5) is 0 Å². The molecule has 4 nitrogen and oxygen atoms in total. The highest BCUT2D eigenvalue weighted by atomic mass is 17.2. The molecule has 0 radical (unpaired) electrons. The van der Waals surface area contributed by atoms with Gasteiger partial charge in [-0.25, -0.2) is 14.7 Å². The van der Waals surface area contributed by atoms with Crippen molar-refractivity contribution in [1.29, 1.82) is 0 Å². The van der Waals surface area contributed by atoms with Gasteiger partial charge in [0.15, 0.2) is 0 Å². The van der Waals surface area contributed by atoms with Gasteiger partial charge in [0.05, 0.1) is 0 Å². The monoisotopic (exact) mass is 198 g/mol. The van der Waals surface area contributed by atoms with Gasteiger partial charge in [-0.05, 0) is 12.5 Å². The first-order valence-electron chi connectivity index (χ1n) is 4.39. The summed E-state index contributed by atoms with van der Waals surface area (Å²) in [5.41, 5.74) is 2.24. The third-order valence-electron chi connectivity index (χ3n) is 1.65. The maximum Gasteiger partial charge on any atom is 0.109 e. The summed E-state index contributed by atoms with van der Waals surface area (Å²) in [4.78, 5) is 13.4. The van der Waals surface area contributed by atoms with E-state index in [0.717, 1.165) is 5.56 Å². The molecule has 78 valence electrons. The molecule has 1 aromatic rings. The Labute approximate surface area is 82.9 Å². The van der Waals surface area contributed by atoms with Crippen molar-refractivity contribution < 1.29 is 19.9 Å². The highest BCUT2D eigenvalue weighted by molar-refractivity contribution is 5.21. The average molecular weight is 198 g/mol. The predicted molar refractivity (Wildman–Crippen MR) is 50.5 cm³/mol. The fraction of sp³-hybridized carbons (Fsp3) is 0.400. The Bertz CT molecular complexity index is 262. The Morgan fingerprint density at radius 3 is 2.79 bits per heavy atom. The van der Waals surface area contributed by atoms with Gasteiger partial charge in [0.2, 0.25) is 0 Å². The lowest BCUT2D eigenvalue weighted by molar-refractivity contribution is -0.330. The minimum atomic E-state index is 0.105. The van der Waals surface area contributed by atoms with Crippen LogP contribution in [0.3, 0.4) is 0 Å². The van der Waals surface area contributed by atoms with Crippen molar-refractivity contribution in [2.75, 3.05) is 13.2 Å². The fourth-order valence-electron chi connectivity index (χ4n) is 1.04. The molecule has 0 saturated carbocycles. The summed E-state index contributed by atoms with van der Waals surface area (Å²) in [5.74, 6) is 0. The molecular weight excluding hydrogens is 184 g/mol. The minimum absolute atomic E-state index is 0.105. The molecule has 0 aliphatic carbocycles. The van der Waals surface area contributed by atoms with Crippen molar-refractivity contribution in [3.8, 4) is 0 Å². The SMILES string of the molecule is Cc1cccc(COOCCOO)c1. The number of rotatable bonds is 6. The fourth-order valence-corrected chi connectivity index (χ4v) is 1.04. The molecule has 0 bridgehead atoms. The Kier molecular flexibility index (Phi) is 5.17. The summed E-state index contributed by atoms with van der Waals surface area (Å²) in [5, 5.41) is 7.98. The van der Waals surface area contributed by atoms with E-state index in [1.54, 1.807) is 0 Å². The van der Waals surface area contributed by atoms with Crippen LogP contribution in [-0.4, -0.2) is 18.5 Å². The summed E-state index contributed by atoms with van der Waals surface area (Å²) < 4.78 is 0. The van der Waals surface area contributed by atoms with E-state index in [1.807, 2.05) is 31.2 Å². The van der Waals surface area contributed by atoms with Gasteiger partial charge in [-0.3, -0.25) is 5.26 Å². The van der Waals surface area contributed by atoms with Crippen LogP contribution in [0.5, 0.6) is 0 Å². The van der Waals surface area contributed by atoms with Crippen LogP contribution < -0.4 is 0 Å². The first kappa shape index (κ1) is 11.1. The van der Waals surface area contributed by atoms with Gasteiger partial charge in [0.25, 0.3) is 0 Å². The second kappa shape index (κ2) is 6.50. The summed E-state index contributed by atoms with van der Waals surface area (Å²) in [6.07, 6.45) is 0. The first-order valence-corrected chi connectivity index (χ1v) is 4.39. The molecule has 1 N–H and O–H groups in total. The zero-order valence-electron chi connectivity index (χ0n) is 8.10. The van der Waals surface area contributed by atoms with E-state index in [1.165, 1.54) is 5.56 Å². The van der Waals surface area contributed by atoms with Gasteiger partial charge < -0.3 is 0 Å². The first-order chi connectivity index (χ1) is 6.83. The third kappa shape index (κ3) is 4.34.